The fourth-order valence-electron chi connectivity index (χ4n) is 3.17. The lowest BCUT2D eigenvalue weighted by atomic mass is 10.3. The van der Waals surface area contributed by atoms with Gasteiger partial charge < -0.3 is 72.8 Å². The average molecular weight is 623 g/mol. The molecule has 0 amide bonds. The van der Waals surface area contributed by atoms with E-state index >= 15 is 0 Å². The van der Waals surface area contributed by atoms with Gasteiger partial charge in [-0.15, -0.1) is 0 Å². The highest BCUT2D eigenvalue weighted by molar-refractivity contribution is 5.63. The fraction of sp³-hybridized carbons (Fsp3) is 0.500. The first kappa shape index (κ1) is 34.2. The Hall–Kier alpha value is -4.28. The van der Waals surface area contributed by atoms with Gasteiger partial charge >= 0.3 is 0 Å². The SMILES string of the molecule is OCC(O)CNc1nc(NCC(O)CO)nc(Nc2ccc(Nc3nc(NCC(O)CO)nc(NCC(O)CO)n3)cc2)n1. The molecular formula is C24H38N12O8. The number of aliphatic hydroxyl groups is 8. The van der Waals surface area contributed by atoms with Gasteiger partial charge in [0, 0.05) is 37.6 Å². The lowest BCUT2D eigenvalue weighted by Crippen LogP contribution is -2.26. The molecule has 0 saturated heterocycles. The quantitative estimate of drug-likeness (QED) is 0.0584. The van der Waals surface area contributed by atoms with Gasteiger partial charge in [0.1, 0.15) is 0 Å². The molecule has 20 heteroatoms. The van der Waals surface area contributed by atoms with Crippen molar-refractivity contribution in [2.24, 2.45) is 0 Å². The molecular weight excluding hydrogens is 584 g/mol. The molecule has 44 heavy (non-hydrogen) atoms. The maximum absolute atomic E-state index is 9.64. The molecule has 3 rings (SSSR count). The Balaban J connectivity index is 1.74. The summed E-state index contributed by atoms with van der Waals surface area (Å²) in [6.45, 7) is -1.98. The van der Waals surface area contributed by atoms with Crippen LogP contribution >= 0.6 is 0 Å². The van der Waals surface area contributed by atoms with Crippen LogP contribution in [0.1, 0.15) is 0 Å². The van der Waals surface area contributed by atoms with Crippen LogP contribution < -0.4 is 31.9 Å². The number of rotatable bonds is 20. The molecule has 0 aliphatic heterocycles. The summed E-state index contributed by atoms with van der Waals surface area (Å²) >= 11 is 0. The van der Waals surface area contributed by atoms with Crippen molar-refractivity contribution < 1.29 is 40.9 Å². The normalized spacial score (nSPS) is 13.8. The van der Waals surface area contributed by atoms with Crippen LogP contribution in [-0.4, -0.2) is 148 Å². The highest BCUT2D eigenvalue weighted by Gasteiger charge is 2.13. The molecule has 0 fully saturated rings. The molecule has 0 aliphatic carbocycles. The molecule has 2 aromatic heterocycles. The van der Waals surface area contributed by atoms with Crippen molar-refractivity contribution in [1.82, 2.24) is 29.9 Å². The second-order valence-corrected chi connectivity index (χ2v) is 9.31. The minimum atomic E-state index is -1.04. The molecule has 0 spiro atoms. The molecule has 0 bridgehead atoms. The lowest BCUT2D eigenvalue weighted by molar-refractivity contribution is 0.105. The molecule has 242 valence electrons. The molecule has 0 radical (unpaired) electrons. The predicted molar refractivity (Wildman–Crippen MR) is 159 cm³/mol. The Morgan fingerprint density at radius 3 is 0.864 bits per heavy atom. The zero-order valence-electron chi connectivity index (χ0n) is 23.5. The van der Waals surface area contributed by atoms with Gasteiger partial charge in [0.25, 0.3) is 0 Å². The standard InChI is InChI=1S/C24H38N12O8/c37-9-15(41)5-25-19-31-20(26-6-16(42)10-38)34-23(33-19)29-13-1-2-14(4-3-13)30-24-35-21(27-7-17(43)11-39)32-22(36-24)28-8-18(44)12-40/h1-4,15-18,37-44H,5-12H2,(H3,25,26,29,31,33,34)(H3,27,28,30,32,35,36). The summed E-state index contributed by atoms with van der Waals surface area (Å²) in [4.78, 5) is 25.3. The summed E-state index contributed by atoms with van der Waals surface area (Å²) < 4.78 is 0. The van der Waals surface area contributed by atoms with Crippen molar-refractivity contribution in [3.8, 4) is 0 Å². The largest absolute Gasteiger partial charge is 0.394 e. The Kier molecular flexibility index (Phi) is 13.8. The first-order valence-electron chi connectivity index (χ1n) is 13.5. The number of anilines is 8. The predicted octanol–water partition coefficient (Wildman–Crippen LogP) is -3.40. The number of nitrogens with one attached hydrogen (secondary N) is 6. The number of aromatic nitrogens is 6. The van der Waals surface area contributed by atoms with Gasteiger partial charge in [-0.2, -0.15) is 29.9 Å². The summed E-state index contributed by atoms with van der Waals surface area (Å²) in [5.41, 5.74) is 1.14. The summed E-state index contributed by atoms with van der Waals surface area (Å²) in [6, 6.07) is 6.80. The van der Waals surface area contributed by atoms with Crippen molar-refractivity contribution in [2.75, 3.05) is 84.5 Å². The molecule has 4 atom stereocenters. The lowest BCUT2D eigenvalue weighted by Gasteiger charge is -2.14. The summed E-state index contributed by atoms with van der Waals surface area (Å²) in [5, 5.41) is 92.0. The van der Waals surface area contributed by atoms with Crippen LogP contribution in [0.3, 0.4) is 0 Å². The van der Waals surface area contributed by atoms with Gasteiger partial charge in [0.05, 0.1) is 50.8 Å². The Morgan fingerprint density at radius 2 is 0.636 bits per heavy atom. The van der Waals surface area contributed by atoms with Crippen molar-refractivity contribution in [1.29, 1.82) is 0 Å². The van der Waals surface area contributed by atoms with E-state index in [2.05, 4.69) is 61.8 Å². The summed E-state index contributed by atoms with van der Waals surface area (Å²) in [5.74, 6) is 0.544. The Bertz CT molecular complexity index is 1120. The zero-order valence-corrected chi connectivity index (χ0v) is 23.5. The number of nitrogens with zero attached hydrogens (tertiary/aromatic N) is 6. The number of hydrogen-bond donors (Lipinski definition) is 14. The van der Waals surface area contributed by atoms with Crippen LogP contribution in [0.5, 0.6) is 0 Å². The van der Waals surface area contributed by atoms with E-state index in [4.69, 9.17) is 20.4 Å². The highest BCUT2D eigenvalue weighted by Crippen LogP contribution is 2.21. The van der Waals surface area contributed by atoms with Crippen LogP contribution in [0, 0.1) is 0 Å². The molecule has 20 nitrogen and oxygen atoms in total. The molecule has 2 heterocycles. The Labute approximate surface area is 251 Å². The van der Waals surface area contributed by atoms with Crippen molar-refractivity contribution in [2.45, 2.75) is 24.4 Å². The van der Waals surface area contributed by atoms with Gasteiger partial charge in [-0.05, 0) is 24.3 Å². The van der Waals surface area contributed by atoms with Crippen molar-refractivity contribution >= 4 is 47.1 Å². The topological polar surface area (TPSA) is 311 Å². The highest BCUT2D eigenvalue weighted by atomic mass is 16.3. The summed E-state index contributed by atoms with van der Waals surface area (Å²) in [6.07, 6.45) is -4.17. The number of hydrogen-bond acceptors (Lipinski definition) is 20. The average Bonchev–Trinajstić information content (AvgIpc) is 3.04. The molecule has 0 aliphatic rings. The second-order valence-electron chi connectivity index (χ2n) is 9.31. The van der Waals surface area contributed by atoms with Gasteiger partial charge in [0.15, 0.2) is 0 Å². The van der Waals surface area contributed by atoms with Gasteiger partial charge in [-0.1, -0.05) is 0 Å². The summed E-state index contributed by atoms with van der Waals surface area (Å²) in [7, 11) is 0. The van der Waals surface area contributed by atoms with Crippen LogP contribution in [0.4, 0.5) is 47.1 Å². The Morgan fingerprint density at radius 1 is 0.409 bits per heavy atom. The van der Waals surface area contributed by atoms with Gasteiger partial charge in [-0.3, -0.25) is 0 Å². The third-order valence-corrected chi connectivity index (χ3v) is 5.49. The van der Waals surface area contributed by atoms with E-state index in [-0.39, 0.29) is 61.9 Å². The maximum Gasteiger partial charge on any atom is 0.233 e. The zero-order chi connectivity index (χ0) is 31.9. The van der Waals surface area contributed by atoms with E-state index in [0.29, 0.717) is 11.4 Å². The minimum absolute atomic E-state index is 0.0331. The molecule has 14 N–H and O–H groups in total. The maximum atomic E-state index is 9.64. The van der Waals surface area contributed by atoms with Gasteiger partial charge in [0.2, 0.25) is 35.7 Å². The third-order valence-electron chi connectivity index (χ3n) is 5.49. The van der Waals surface area contributed by atoms with Crippen LogP contribution in [0.25, 0.3) is 0 Å². The van der Waals surface area contributed by atoms with Crippen molar-refractivity contribution in [3.63, 3.8) is 0 Å². The molecule has 3 aromatic rings. The first-order valence-corrected chi connectivity index (χ1v) is 13.5. The van der Waals surface area contributed by atoms with E-state index in [1.807, 2.05) is 0 Å². The fourth-order valence-corrected chi connectivity index (χ4v) is 3.17. The molecule has 4 unspecified atom stereocenters. The monoisotopic (exact) mass is 622 g/mol. The van der Waals surface area contributed by atoms with Gasteiger partial charge in [-0.25, -0.2) is 0 Å². The minimum Gasteiger partial charge on any atom is -0.394 e. The van der Waals surface area contributed by atoms with Crippen LogP contribution in [0.15, 0.2) is 24.3 Å². The van der Waals surface area contributed by atoms with Crippen LogP contribution in [-0.2, 0) is 0 Å². The number of aliphatic hydroxyl groups excluding tert-OH is 8. The number of benzene rings is 1. The van der Waals surface area contributed by atoms with E-state index in [9.17, 15) is 20.4 Å². The van der Waals surface area contributed by atoms with E-state index in [1.165, 1.54) is 0 Å². The van der Waals surface area contributed by atoms with Crippen LogP contribution in [0.2, 0.25) is 0 Å². The smallest absolute Gasteiger partial charge is 0.233 e. The second kappa shape index (κ2) is 17.7. The third kappa shape index (κ3) is 11.8. The van der Waals surface area contributed by atoms with E-state index in [1.54, 1.807) is 24.3 Å². The first-order chi connectivity index (χ1) is 21.2. The molecule has 0 saturated carbocycles. The van der Waals surface area contributed by atoms with E-state index in [0.717, 1.165) is 0 Å². The molecule has 1 aromatic carbocycles. The van der Waals surface area contributed by atoms with Crippen molar-refractivity contribution in [3.05, 3.63) is 24.3 Å². The van der Waals surface area contributed by atoms with E-state index < -0.39 is 50.8 Å².